The number of primary amides is 1. The van der Waals surface area contributed by atoms with E-state index < -0.39 is 23.8 Å². The van der Waals surface area contributed by atoms with Gasteiger partial charge in [-0.2, -0.15) is 0 Å². The number of ether oxygens (including phenoxy) is 2. The number of hydrogen-bond donors (Lipinski definition) is 6. The third-order valence-electron chi connectivity index (χ3n) is 12.7. The number of nitrogens with zero attached hydrogens (tertiary/aromatic N) is 4. The van der Waals surface area contributed by atoms with Gasteiger partial charge in [0, 0.05) is 60.0 Å². The Balaban J connectivity index is 0.000000398. The van der Waals surface area contributed by atoms with Gasteiger partial charge in [-0.3, -0.25) is 24.1 Å². The monoisotopic (exact) mass is 1280 g/mol. The Morgan fingerprint density at radius 3 is 2.24 bits per heavy atom. The number of carbonyl (C=O) groups excluding carboxylic acids is 8. The van der Waals surface area contributed by atoms with Gasteiger partial charge in [0.15, 0.2) is 0 Å². The SMILES string of the molecule is C1CC1.C=CN.CC/C=C(/NCC=O)C(CNCC=O)N1C(=O)C=CC1=O.CCC(C=O)c1cc2n(c(=O)c1COC)Cc1c-2nc2cc(F)c(C)c3c2c1C(N(C)C(=O)COCNC(=O)CC[CH2][Pb])CC3.CNCC(N)=O. The normalized spacial score (nSPS) is 15.0. The van der Waals surface area contributed by atoms with Gasteiger partial charge in [-0.15, -0.1) is 0 Å². The van der Waals surface area contributed by atoms with Gasteiger partial charge in [-0.05, 0) is 62.2 Å². The Morgan fingerprint density at radius 1 is 1.04 bits per heavy atom. The maximum atomic E-state index is 15.2. The molecule has 23 heteroatoms. The molecule has 21 nitrogen and oxygen atoms in total. The number of rotatable bonds is 25. The molecule has 7 rings (SSSR count). The molecule has 1 aromatic carbocycles. The number of nitrogens with two attached hydrogens (primary N) is 2. The van der Waals surface area contributed by atoms with Crippen LogP contribution in [-0.4, -0.2) is 160 Å². The molecule has 3 unspecified atom stereocenters. The molecule has 2 aliphatic carbocycles. The van der Waals surface area contributed by atoms with Crippen molar-refractivity contribution in [1.29, 1.82) is 0 Å². The summed E-state index contributed by atoms with van der Waals surface area (Å²) in [6.45, 7) is 9.41. The fourth-order valence-corrected chi connectivity index (χ4v) is 9.52. The molecule has 3 aromatic rings. The fourth-order valence-electron chi connectivity index (χ4n) is 8.84. The van der Waals surface area contributed by atoms with Crippen molar-refractivity contribution in [3.05, 3.63) is 98.4 Å². The van der Waals surface area contributed by atoms with E-state index in [9.17, 15) is 43.2 Å². The first-order chi connectivity index (χ1) is 37.5. The third-order valence-corrected chi connectivity index (χ3v) is 14.0. The molecule has 423 valence electrons. The van der Waals surface area contributed by atoms with E-state index >= 15 is 4.39 Å². The van der Waals surface area contributed by atoms with E-state index in [1.54, 1.807) is 30.5 Å². The topological polar surface area (TPSA) is 297 Å². The van der Waals surface area contributed by atoms with Crippen LogP contribution >= 0.6 is 0 Å². The number of methoxy groups -OCH3 is 1. The first kappa shape index (κ1) is 65.9. The molecule has 0 saturated heterocycles. The molecule has 4 aliphatic rings. The van der Waals surface area contributed by atoms with Crippen LogP contribution in [0.4, 0.5) is 4.39 Å². The summed E-state index contributed by atoms with van der Waals surface area (Å²) in [5, 5.41) is 11.9. The number of hydrogen-bond acceptors (Lipinski definition) is 16. The molecule has 2 aliphatic heterocycles. The van der Waals surface area contributed by atoms with E-state index in [1.807, 2.05) is 26.0 Å². The van der Waals surface area contributed by atoms with Crippen molar-refractivity contribution in [2.45, 2.75) is 114 Å². The number of fused-ring (bicyclic) bond motifs is 4. The summed E-state index contributed by atoms with van der Waals surface area (Å²) in [5.41, 5.74) is 15.4. The van der Waals surface area contributed by atoms with E-state index in [1.165, 1.54) is 50.8 Å². The zero-order valence-corrected chi connectivity index (χ0v) is 49.6. The molecule has 2 aromatic heterocycles. The molecule has 4 heterocycles. The van der Waals surface area contributed by atoms with Crippen LogP contribution in [0.1, 0.15) is 111 Å². The van der Waals surface area contributed by atoms with E-state index in [0.29, 0.717) is 84.0 Å². The maximum absolute atomic E-state index is 15.2. The molecule has 3 radical (unpaired) electrons. The zero-order valence-electron chi connectivity index (χ0n) is 45.7. The predicted octanol–water partition coefficient (Wildman–Crippen LogP) is 2.72. The molecule has 3 atom stereocenters. The number of halogens is 1. The predicted molar refractivity (Wildman–Crippen MR) is 295 cm³/mol. The Hall–Kier alpha value is -6.35. The Labute approximate surface area is 471 Å². The van der Waals surface area contributed by atoms with Gasteiger partial charge >= 0.3 is 117 Å². The van der Waals surface area contributed by atoms with E-state index in [2.05, 4.69) is 33.6 Å². The minimum absolute atomic E-state index is 0.0513. The second-order valence-corrected chi connectivity index (χ2v) is 20.2. The Morgan fingerprint density at radius 2 is 1.71 bits per heavy atom. The molecule has 8 N–H and O–H groups in total. The smallest absolute Gasteiger partial charge is 0.369 e. The van der Waals surface area contributed by atoms with Crippen LogP contribution in [0.2, 0.25) is 3.98 Å². The molecule has 78 heavy (non-hydrogen) atoms. The van der Waals surface area contributed by atoms with Crippen LogP contribution in [0.5, 0.6) is 0 Å². The first-order valence-electron chi connectivity index (χ1n) is 25.9. The van der Waals surface area contributed by atoms with Crippen molar-refractivity contribution in [2.24, 2.45) is 11.5 Å². The van der Waals surface area contributed by atoms with Crippen LogP contribution in [0.25, 0.3) is 22.3 Å². The van der Waals surface area contributed by atoms with Gasteiger partial charge in [0.1, 0.15) is 24.7 Å². The van der Waals surface area contributed by atoms with Gasteiger partial charge < -0.3 is 51.1 Å². The second kappa shape index (κ2) is 34.5. The Bertz CT molecular complexity index is 2710. The number of aromatic nitrogens is 2. The van der Waals surface area contributed by atoms with E-state index in [0.717, 1.165) is 69.4 Å². The molecular weight excluding hydrogens is 1200 g/mol. The number of imide groups is 1. The number of pyridine rings is 2. The van der Waals surface area contributed by atoms with Gasteiger partial charge in [-0.25, -0.2) is 9.37 Å². The minimum Gasteiger partial charge on any atom is -0.369 e. The van der Waals surface area contributed by atoms with Crippen LogP contribution in [0, 0.1) is 12.7 Å². The molecule has 0 spiro atoms. The van der Waals surface area contributed by atoms with Crippen molar-refractivity contribution >= 4 is 85.1 Å². The van der Waals surface area contributed by atoms with Gasteiger partial charge in [0.05, 0.1) is 55.7 Å². The van der Waals surface area contributed by atoms with Gasteiger partial charge in [0.25, 0.3) is 17.4 Å². The van der Waals surface area contributed by atoms with Crippen LogP contribution in [0.3, 0.4) is 0 Å². The quantitative estimate of drug-likeness (QED) is 0.0183. The molecular formula is C55H76FN10O11Pb. The Kier molecular flexibility index (Phi) is 29.2. The summed E-state index contributed by atoms with van der Waals surface area (Å²) in [7, 11) is 4.90. The number of amides is 5. The molecule has 1 fully saturated rings. The molecule has 5 amide bonds. The van der Waals surface area contributed by atoms with E-state index in [-0.39, 0.29) is 87.8 Å². The van der Waals surface area contributed by atoms with Crippen molar-refractivity contribution in [1.82, 2.24) is 40.6 Å². The molecule has 0 bridgehead atoms. The average Bonchev–Trinajstić information content (AvgIpc) is 4.39. The number of carbonyl (C=O) groups is 8. The number of allylic oxidation sites excluding steroid dienone is 1. The summed E-state index contributed by atoms with van der Waals surface area (Å²) < 4.78 is 28.8. The van der Waals surface area contributed by atoms with E-state index in [4.69, 9.17) is 20.2 Å². The van der Waals surface area contributed by atoms with Crippen molar-refractivity contribution < 1.29 is 52.2 Å². The molecule has 1 saturated carbocycles. The number of benzene rings is 1. The number of nitrogens with one attached hydrogen (secondary N) is 4. The van der Waals surface area contributed by atoms with Gasteiger partial charge in [-0.1, -0.05) is 45.8 Å². The minimum atomic E-state index is -0.583. The standard InChI is InChI=1S/C33H38FN4O6.C14H19N3O4.C3H8N2O.C3H6.C2H5N.Pb/c1-6-8-28(40)35-17-44-16-29(41)37(4)26-10-9-20-18(3)24(34)12-25-30(20)31(26)22-13-38-27(32(22)36-25)11-21(19(7-2)14-39)23(15-43-5)33(38)42;1-2-3-11(16-7-9-19)12(10-15-6-8-18)17-13(20)4-5-14(17)21;1-5-2-3(4)6;1-2-3-1;1-2-3;/h11-12,14,19,26H,1,6-10,13,15-17H2,2-5H3,(H,35,40);3-5,8-9,12,15-16H,2,6-7,10H2,1H3;5H,2H2,1H3,(H2,4,6);1-3H2;2H,1,3H2;/b;11-3+;;;;. The van der Waals surface area contributed by atoms with Crippen LogP contribution in [0.15, 0.2) is 53.6 Å². The number of aryl methyl sites for hydroxylation is 1. The second-order valence-electron chi connectivity index (χ2n) is 18.3. The summed E-state index contributed by atoms with van der Waals surface area (Å²) >= 11 is 1.05. The van der Waals surface area contributed by atoms with Crippen LogP contribution in [-0.2, 0) is 67.4 Å². The number of likely N-dealkylation sites (N-methyl/N-ethyl adjacent to an activating group) is 2. The summed E-state index contributed by atoms with van der Waals surface area (Å²) in [5.74, 6) is -2.34. The fraction of sp³-hybridized carbons (Fsp3) is 0.491. The third kappa shape index (κ3) is 18.4. The summed E-state index contributed by atoms with van der Waals surface area (Å²) in [4.78, 5) is 113. The first-order valence-corrected chi connectivity index (χ1v) is 28.7. The van der Waals surface area contributed by atoms with Crippen molar-refractivity contribution in [2.75, 3.05) is 60.7 Å². The summed E-state index contributed by atoms with van der Waals surface area (Å²) in [6, 6.07) is 2.32. The van der Waals surface area contributed by atoms with Crippen LogP contribution < -0.4 is 38.3 Å². The average molecular weight is 1280 g/mol. The van der Waals surface area contributed by atoms with Gasteiger partial charge in [0.2, 0.25) is 5.91 Å². The zero-order chi connectivity index (χ0) is 57.9. The summed E-state index contributed by atoms with van der Waals surface area (Å²) in [6.07, 6.45) is 15.8. The number of aldehydes is 3. The van der Waals surface area contributed by atoms with Crippen molar-refractivity contribution in [3.8, 4) is 11.4 Å². The van der Waals surface area contributed by atoms with Crippen molar-refractivity contribution in [3.63, 3.8) is 0 Å².